The SMILES string of the molecule is CC(C)Sc1nnc(NC(=O)c2cc(C(C)C)n3ncnc3n2)s1. The maximum Gasteiger partial charge on any atom is 0.276 e. The van der Waals surface area contributed by atoms with Crippen LogP contribution in [-0.4, -0.2) is 40.9 Å². The van der Waals surface area contributed by atoms with Crippen molar-refractivity contribution >= 4 is 39.9 Å². The highest BCUT2D eigenvalue weighted by molar-refractivity contribution is 8.01. The Balaban J connectivity index is 1.84. The molecule has 0 atom stereocenters. The molecule has 0 aliphatic carbocycles. The summed E-state index contributed by atoms with van der Waals surface area (Å²) in [4.78, 5) is 20.8. The lowest BCUT2D eigenvalue weighted by Gasteiger charge is -2.09. The largest absolute Gasteiger partial charge is 0.295 e. The Morgan fingerprint density at radius 1 is 1.29 bits per heavy atom. The number of rotatable bonds is 5. The molecule has 8 nitrogen and oxygen atoms in total. The zero-order valence-corrected chi connectivity index (χ0v) is 15.4. The van der Waals surface area contributed by atoms with Crippen LogP contribution in [0.1, 0.15) is 49.8 Å². The molecular formula is C14H17N7OS2. The number of fused-ring (bicyclic) bond motifs is 1. The zero-order chi connectivity index (χ0) is 17.3. The van der Waals surface area contributed by atoms with Crippen molar-refractivity contribution in [3.8, 4) is 0 Å². The van der Waals surface area contributed by atoms with Crippen molar-refractivity contribution in [3.63, 3.8) is 0 Å². The molecule has 1 N–H and O–H groups in total. The van der Waals surface area contributed by atoms with Crippen molar-refractivity contribution in [1.82, 2.24) is 29.8 Å². The second-order valence-corrected chi connectivity index (χ2v) is 8.49. The van der Waals surface area contributed by atoms with Gasteiger partial charge in [0.1, 0.15) is 12.0 Å². The molecule has 1 amide bonds. The third-order valence-electron chi connectivity index (χ3n) is 3.07. The Morgan fingerprint density at radius 2 is 2.08 bits per heavy atom. The van der Waals surface area contributed by atoms with Gasteiger partial charge >= 0.3 is 0 Å². The first-order valence-electron chi connectivity index (χ1n) is 7.46. The molecular weight excluding hydrogens is 346 g/mol. The van der Waals surface area contributed by atoms with E-state index in [-0.39, 0.29) is 17.5 Å². The standard InChI is InChI=1S/C14H17N7OS2/c1-7(2)10-5-9(17-12-15-6-16-21(10)12)11(22)18-13-19-20-14(24-13)23-8(3)4/h5-8H,1-4H3,(H,18,19,22). The molecule has 3 aromatic heterocycles. The van der Waals surface area contributed by atoms with Crippen molar-refractivity contribution in [2.45, 2.75) is 43.2 Å². The predicted octanol–water partition coefficient (Wildman–Crippen LogP) is 2.85. The van der Waals surface area contributed by atoms with Crippen molar-refractivity contribution in [2.75, 3.05) is 5.32 Å². The number of nitrogens with one attached hydrogen (secondary N) is 1. The molecule has 0 spiro atoms. The van der Waals surface area contributed by atoms with Crippen LogP contribution in [0.5, 0.6) is 0 Å². The molecule has 24 heavy (non-hydrogen) atoms. The Bertz CT molecular complexity index is 871. The number of thioether (sulfide) groups is 1. The normalized spacial score (nSPS) is 11.6. The molecule has 0 radical (unpaired) electrons. The third kappa shape index (κ3) is 3.54. The number of hydrogen-bond acceptors (Lipinski definition) is 8. The zero-order valence-electron chi connectivity index (χ0n) is 13.7. The van der Waals surface area contributed by atoms with Gasteiger partial charge in [-0.15, -0.1) is 10.2 Å². The number of nitrogens with zero attached hydrogens (tertiary/aromatic N) is 6. The molecule has 0 aliphatic heterocycles. The highest BCUT2D eigenvalue weighted by atomic mass is 32.2. The van der Waals surface area contributed by atoms with Crippen molar-refractivity contribution < 1.29 is 4.79 Å². The summed E-state index contributed by atoms with van der Waals surface area (Å²) in [5.74, 6) is 0.249. The van der Waals surface area contributed by atoms with Crippen LogP contribution in [0.25, 0.3) is 5.78 Å². The highest BCUT2D eigenvalue weighted by Crippen LogP contribution is 2.28. The smallest absolute Gasteiger partial charge is 0.276 e. The number of anilines is 1. The maximum absolute atomic E-state index is 12.5. The fourth-order valence-electron chi connectivity index (χ4n) is 2.03. The summed E-state index contributed by atoms with van der Waals surface area (Å²) in [6.07, 6.45) is 1.43. The van der Waals surface area contributed by atoms with E-state index >= 15 is 0 Å². The van der Waals surface area contributed by atoms with Crippen molar-refractivity contribution in [2.24, 2.45) is 0 Å². The van der Waals surface area contributed by atoms with Gasteiger partial charge in [-0.2, -0.15) is 10.1 Å². The van der Waals surface area contributed by atoms with Crippen LogP contribution in [-0.2, 0) is 0 Å². The minimum absolute atomic E-state index is 0.180. The molecule has 3 heterocycles. The van der Waals surface area contributed by atoms with Crippen molar-refractivity contribution in [1.29, 1.82) is 0 Å². The van der Waals surface area contributed by atoms with Crippen LogP contribution in [0.4, 0.5) is 5.13 Å². The summed E-state index contributed by atoms with van der Waals surface area (Å²) in [5.41, 5.74) is 1.16. The Morgan fingerprint density at radius 3 is 2.79 bits per heavy atom. The molecule has 0 saturated carbocycles. The number of carbonyl (C=O) groups is 1. The predicted molar refractivity (Wildman–Crippen MR) is 93.7 cm³/mol. The van der Waals surface area contributed by atoms with E-state index in [0.29, 0.717) is 16.2 Å². The summed E-state index contributed by atoms with van der Waals surface area (Å²) < 4.78 is 2.47. The van der Waals surface area contributed by atoms with Gasteiger partial charge in [-0.1, -0.05) is 50.8 Å². The van der Waals surface area contributed by atoms with E-state index in [1.165, 1.54) is 17.7 Å². The lowest BCUT2D eigenvalue weighted by atomic mass is 10.1. The molecule has 0 fully saturated rings. The fourth-order valence-corrected chi connectivity index (χ4v) is 4.00. The highest BCUT2D eigenvalue weighted by Gasteiger charge is 2.17. The van der Waals surface area contributed by atoms with Crippen molar-refractivity contribution in [3.05, 3.63) is 23.8 Å². The Hall–Kier alpha value is -2.07. The molecule has 3 rings (SSSR count). The van der Waals surface area contributed by atoms with Gasteiger partial charge in [0.05, 0.1) is 5.69 Å². The lowest BCUT2D eigenvalue weighted by molar-refractivity contribution is 0.102. The number of aromatic nitrogens is 6. The molecule has 0 unspecified atom stereocenters. The van der Waals surface area contributed by atoms with E-state index in [1.54, 1.807) is 22.3 Å². The van der Waals surface area contributed by atoms with E-state index in [9.17, 15) is 4.79 Å². The van der Waals surface area contributed by atoms with Gasteiger partial charge in [0.2, 0.25) is 5.13 Å². The fraction of sp³-hybridized carbons (Fsp3) is 0.429. The van der Waals surface area contributed by atoms with Gasteiger partial charge in [-0.05, 0) is 12.0 Å². The average Bonchev–Trinajstić information content (AvgIpc) is 3.14. The van der Waals surface area contributed by atoms with Crippen LogP contribution < -0.4 is 5.32 Å². The van der Waals surface area contributed by atoms with Crippen LogP contribution in [0.3, 0.4) is 0 Å². The summed E-state index contributed by atoms with van der Waals surface area (Å²) in [5, 5.41) is 15.8. The summed E-state index contributed by atoms with van der Waals surface area (Å²) in [6, 6.07) is 1.73. The number of hydrogen-bond donors (Lipinski definition) is 1. The van der Waals surface area contributed by atoms with Gasteiger partial charge in [0.25, 0.3) is 11.7 Å². The summed E-state index contributed by atoms with van der Waals surface area (Å²) >= 11 is 2.96. The second kappa shape index (κ2) is 6.81. The van der Waals surface area contributed by atoms with Gasteiger partial charge in [0, 0.05) is 5.25 Å². The maximum atomic E-state index is 12.5. The van der Waals surface area contributed by atoms with E-state index in [0.717, 1.165) is 10.0 Å². The summed E-state index contributed by atoms with van der Waals surface area (Å²) in [6.45, 7) is 8.21. The Kier molecular flexibility index (Phi) is 4.76. The monoisotopic (exact) mass is 363 g/mol. The first-order chi connectivity index (χ1) is 11.4. The Labute approximate surface area is 147 Å². The first kappa shape index (κ1) is 16.8. The molecule has 10 heteroatoms. The minimum Gasteiger partial charge on any atom is -0.295 e. The van der Waals surface area contributed by atoms with Gasteiger partial charge in [0.15, 0.2) is 4.34 Å². The molecule has 0 aromatic carbocycles. The third-order valence-corrected chi connectivity index (χ3v) is 4.99. The lowest BCUT2D eigenvalue weighted by Crippen LogP contribution is -2.16. The van der Waals surface area contributed by atoms with Crippen LogP contribution in [0, 0.1) is 0 Å². The quantitative estimate of drug-likeness (QED) is 0.550. The minimum atomic E-state index is -0.334. The van der Waals surface area contributed by atoms with Crippen LogP contribution in [0.2, 0.25) is 0 Å². The second-order valence-electron chi connectivity index (χ2n) is 5.69. The number of carbonyl (C=O) groups excluding carboxylic acids is 1. The first-order valence-corrected chi connectivity index (χ1v) is 9.16. The topological polar surface area (TPSA) is 98.0 Å². The summed E-state index contributed by atoms with van der Waals surface area (Å²) in [7, 11) is 0. The molecule has 0 aliphatic rings. The molecule has 0 bridgehead atoms. The van der Waals surface area contributed by atoms with Gasteiger partial charge in [-0.25, -0.2) is 9.50 Å². The molecule has 126 valence electrons. The van der Waals surface area contributed by atoms with Crippen LogP contribution >= 0.6 is 23.1 Å². The van der Waals surface area contributed by atoms with E-state index in [2.05, 4.69) is 44.4 Å². The molecule has 0 saturated heterocycles. The average molecular weight is 363 g/mol. The van der Waals surface area contributed by atoms with E-state index in [1.807, 2.05) is 13.8 Å². The van der Waals surface area contributed by atoms with Crippen LogP contribution in [0.15, 0.2) is 16.7 Å². The van der Waals surface area contributed by atoms with Gasteiger partial charge < -0.3 is 0 Å². The molecule has 3 aromatic rings. The van der Waals surface area contributed by atoms with E-state index in [4.69, 9.17) is 0 Å². The van der Waals surface area contributed by atoms with E-state index < -0.39 is 0 Å². The van der Waals surface area contributed by atoms with Gasteiger partial charge in [-0.3, -0.25) is 10.1 Å². The number of amides is 1.